The molecule has 1 aromatic carbocycles. The molecule has 0 amide bonds. The highest BCUT2D eigenvalue weighted by molar-refractivity contribution is 7.08. The van der Waals surface area contributed by atoms with E-state index >= 15 is 0 Å². The summed E-state index contributed by atoms with van der Waals surface area (Å²) >= 11 is 1.51. The van der Waals surface area contributed by atoms with Crippen molar-refractivity contribution in [3.8, 4) is 11.3 Å². The zero-order chi connectivity index (χ0) is 12.4. The first-order chi connectivity index (χ1) is 8.84. The lowest BCUT2D eigenvalue weighted by Crippen LogP contribution is -2.04. The molecule has 90 valence electrons. The van der Waals surface area contributed by atoms with Crippen LogP contribution in [-0.4, -0.2) is 15.0 Å². The van der Waals surface area contributed by atoms with Crippen molar-refractivity contribution in [2.45, 2.75) is 6.54 Å². The van der Waals surface area contributed by atoms with E-state index in [1.165, 1.54) is 16.0 Å². The van der Waals surface area contributed by atoms with Crippen LogP contribution in [0.3, 0.4) is 0 Å². The summed E-state index contributed by atoms with van der Waals surface area (Å²) < 4.78 is 15.4. The summed E-state index contributed by atoms with van der Waals surface area (Å²) in [5.74, 6) is -0.391. The van der Waals surface area contributed by atoms with Crippen LogP contribution in [0.15, 0.2) is 47.2 Å². The summed E-state index contributed by atoms with van der Waals surface area (Å²) in [6.07, 6.45) is 0. The van der Waals surface area contributed by atoms with E-state index in [-0.39, 0.29) is 0 Å². The predicted molar refractivity (Wildman–Crippen MR) is 68.8 cm³/mol. The van der Waals surface area contributed by atoms with Gasteiger partial charge in [0.25, 0.3) is 0 Å². The van der Waals surface area contributed by atoms with Gasteiger partial charge in [-0.1, -0.05) is 35.5 Å². The van der Waals surface area contributed by atoms with Crippen LogP contribution in [0, 0.1) is 5.95 Å². The Kier molecular flexibility index (Phi) is 2.90. The van der Waals surface area contributed by atoms with Gasteiger partial charge in [0.2, 0.25) is 5.95 Å². The Morgan fingerprint density at radius 3 is 2.72 bits per heavy atom. The second kappa shape index (κ2) is 4.70. The van der Waals surface area contributed by atoms with E-state index in [1.807, 2.05) is 47.2 Å². The van der Waals surface area contributed by atoms with Gasteiger partial charge in [-0.25, -0.2) is 4.68 Å². The molecule has 2 heterocycles. The van der Waals surface area contributed by atoms with Crippen LogP contribution in [0.1, 0.15) is 5.56 Å². The zero-order valence-electron chi connectivity index (χ0n) is 9.45. The average molecular weight is 259 g/mol. The molecule has 0 bridgehead atoms. The molecule has 0 spiro atoms. The molecule has 2 aromatic heterocycles. The van der Waals surface area contributed by atoms with E-state index in [0.717, 1.165) is 11.1 Å². The summed E-state index contributed by atoms with van der Waals surface area (Å²) in [5, 5.41) is 11.5. The normalized spacial score (nSPS) is 10.7. The summed E-state index contributed by atoms with van der Waals surface area (Å²) in [6.45, 7) is 0.393. The van der Waals surface area contributed by atoms with Crippen LogP contribution in [0.4, 0.5) is 4.39 Å². The molecule has 18 heavy (non-hydrogen) atoms. The van der Waals surface area contributed by atoms with Crippen LogP contribution in [-0.2, 0) is 6.54 Å². The van der Waals surface area contributed by atoms with E-state index in [9.17, 15) is 4.39 Å². The van der Waals surface area contributed by atoms with Gasteiger partial charge in [0.05, 0.1) is 6.54 Å². The Morgan fingerprint density at radius 1 is 1.17 bits per heavy atom. The Hall–Kier alpha value is -2.01. The molecule has 0 saturated carbocycles. The van der Waals surface area contributed by atoms with Crippen LogP contribution in [0.5, 0.6) is 0 Å². The number of hydrogen-bond donors (Lipinski definition) is 0. The summed E-state index contributed by atoms with van der Waals surface area (Å²) in [6, 6.07) is 11.5. The lowest BCUT2D eigenvalue weighted by atomic mass is 10.2. The van der Waals surface area contributed by atoms with Crippen LogP contribution in [0.25, 0.3) is 11.3 Å². The van der Waals surface area contributed by atoms with Gasteiger partial charge in [0.15, 0.2) is 5.69 Å². The average Bonchev–Trinajstić information content (AvgIpc) is 3.02. The second-order valence-electron chi connectivity index (χ2n) is 3.88. The fraction of sp³-hybridized carbons (Fsp3) is 0.0769. The Balaban J connectivity index is 1.91. The molecule has 3 nitrogen and oxygen atoms in total. The molecule has 0 saturated heterocycles. The SMILES string of the molecule is Fc1c(-c2ccsc2)nnn1Cc1ccccc1. The van der Waals surface area contributed by atoms with E-state index < -0.39 is 5.95 Å². The number of hydrogen-bond acceptors (Lipinski definition) is 3. The molecule has 3 rings (SSSR count). The number of rotatable bonds is 3. The topological polar surface area (TPSA) is 30.7 Å². The van der Waals surface area contributed by atoms with E-state index in [1.54, 1.807) is 0 Å². The van der Waals surface area contributed by atoms with Crippen LogP contribution < -0.4 is 0 Å². The van der Waals surface area contributed by atoms with Crippen molar-refractivity contribution in [2.24, 2.45) is 0 Å². The highest BCUT2D eigenvalue weighted by atomic mass is 32.1. The minimum Gasteiger partial charge on any atom is -0.214 e. The zero-order valence-corrected chi connectivity index (χ0v) is 10.3. The molecule has 0 aliphatic rings. The smallest absolute Gasteiger partial charge is 0.214 e. The van der Waals surface area contributed by atoms with E-state index in [2.05, 4.69) is 10.3 Å². The monoisotopic (exact) mass is 259 g/mol. The molecule has 0 radical (unpaired) electrons. The largest absolute Gasteiger partial charge is 0.240 e. The fourth-order valence-electron chi connectivity index (χ4n) is 1.73. The Morgan fingerprint density at radius 2 is 2.00 bits per heavy atom. The molecule has 5 heteroatoms. The molecule has 0 aliphatic heterocycles. The molecule has 0 N–H and O–H groups in total. The third-order valence-electron chi connectivity index (χ3n) is 2.64. The highest BCUT2D eigenvalue weighted by Gasteiger charge is 2.14. The highest BCUT2D eigenvalue weighted by Crippen LogP contribution is 2.22. The van der Waals surface area contributed by atoms with Crippen LogP contribution in [0.2, 0.25) is 0 Å². The lowest BCUT2D eigenvalue weighted by molar-refractivity contribution is 0.477. The maximum absolute atomic E-state index is 14.1. The van der Waals surface area contributed by atoms with Crippen LogP contribution >= 0.6 is 11.3 Å². The van der Waals surface area contributed by atoms with Crippen molar-refractivity contribution in [1.82, 2.24) is 15.0 Å². The van der Waals surface area contributed by atoms with Gasteiger partial charge in [0.1, 0.15) is 0 Å². The van der Waals surface area contributed by atoms with Gasteiger partial charge in [-0.05, 0) is 17.0 Å². The second-order valence-corrected chi connectivity index (χ2v) is 4.66. The number of nitrogens with zero attached hydrogens (tertiary/aromatic N) is 3. The molecule has 0 unspecified atom stereocenters. The van der Waals surface area contributed by atoms with Gasteiger partial charge in [-0.15, -0.1) is 5.10 Å². The number of halogens is 1. The summed E-state index contributed by atoms with van der Waals surface area (Å²) in [5.41, 5.74) is 2.09. The van der Waals surface area contributed by atoms with Crippen molar-refractivity contribution in [3.63, 3.8) is 0 Å². The van der Waals surface area contributed by atoms with Crippen molar-refractivity contribution in [2.75, 3.05) is 0 Å². The lowest BCUT2D eigenvalue weighted by Gasteiger charge is -2.00. The third-order valence-corrected chi connectivity index (χ3v) is 3.33. The number of aromatic nitrogens is 3. The van der Waals surface area contributed by atoms with Crippen molar-refractivity contribution >= 4 is 11.3 Å². The van der Waals surface area contributed by atoms with Gasteiger partial charge in [-0.2, -0.15) is 15.7 Å². The first-order valence-electron chi connectivity index (χ1n) is 5.50. The molecule has 0 atom stereocenters. The quantitative estimate of drug-likeness (QED) is 0.723. The van der Waals surface area contributed by atoms with Crippen molar-refractivity contribution < 1.29 is 4.39 Å². The van der Waals surface area contributed by atoms with Crippen molar-refractivity contribution in [3.05, 3.63) is 58.7 Å². The Bertz CT molecular complexity index is 632. The maximum Gasteiger partial charge on any atom is 0.240 e. The van der Waals surface area contributed by atoms with Gasteiger partial charge in [-0.3, -0.25) is 0 Å². The number of thiophene rings is 1. The fourth-order valence-corrected chi connectivity index (χ4v) is 2.38. The molecule has 0 fully saturated rings. The van der Waals surface area contributed by atoms with Gasteiger partial charge >= 0.3 is 0 Å². The van der Waals surface area contributed by atoms with Gasteiger partial charge < -0.3 is 0 Å². The summed E-state index contributed by atoms with van der Waals surface area (Å²) in [4.78, 5) is 0. The third kappa shape index (κ3) is 2.04. The minimum atomic E-state index is -0.391. The Labute approximate surface area is 108 Å². The molecular weight excluding hydrogens is 249 g/mol. The van der Waals surface area contributed by atoms with Gasteiger partial charge in [0, 0.05) is 10.9 Å². The minimum absolute atomic E-state index is 0.312. The van der Waals surface area contributed by atoms with E-state index in [0.29, 0.717) is 12.2 Å². The molecule has 0 aliphatic carbocycles. The first-order valence-corrected chi connectivity index (χ1v) is 6.44. The van der Waals surface area contributed by atoms with E-state index in [4.69, 9.17) is 0 Å². The molecule has 3 aromatic rings. The first kappa shape index (κ1) is 11.1. The maximum atomic E-state index is 14.1. The summed E-state index contributed by atoms with van der Waals surface area (Å²) in [7, 11) is 0. The standard InChI is InChI=1S/C13H10FN3S/c14-13-12(11-6-7-18-9-11)15-16-17(13)8-10-4-2-1-3-5-10/h1-7,9H,8H2. The van der Waals surface area contributed by atoms with Crippen molar-refractivity contribution in [1.29, 1.82) is 0 Å². The number of benzene rings is 1. The molecular formula is C13H10FN3S. The predicted octanol–water partition coefficient (Wildman–Crippen LogP) is 3.19.